The number of rotatable bonds is 7. The van der Waals surface area contributed by atoms with Crippen molar-refractivity contribution in [1.29, 1.82) is 0 Å². The van der Waals surface area contributed by atoms with Crippen LogP contribution in [0, 0.1) is 0 Å². The van der Waals surface area contributed by atoms with Gasteiger partial charge in [0.1, 0.15) is 18.5 Å². The summed E-state index contributed by atoms with van der Waals surface area (Å²) in [6.07, 6.45) is -0.253. The highest BCUT2D eigenvalue weighted by Crippen LogP contribution is 2.30. The number of nitrogens with one attached hydrogen (secondary N) is 1. The van der Waals surface area contributed by atoms with E-state index in [1.54, 1.807) is 24.3 Å². The van der Waals surface area contributed by atoms with Crippen LogP contribution < -0.4 is 19.5 Å². The molecule has 0 saturated carbocycles. The Bertz CT molecular complexity index is 818. The van der Waals surface area contributed by atoms with Gasteiger partial charge in [-0.05, 0) is 50.2 Å². The number of carbonyl (C=O) groups is 2. The van der Waals surface area contributed by atoms with Crippen molar-refractivity contribution in [2.24, 2.45) is 0 Å². The van der Waals surface area contributed by atoms with Gasteiger partial charge in [0.15, 0.2) is 18.1 Å². The van der Waals surface area contributed by atoms with Crippen LogP contribution in [-0.4, -0.2) is 43.8 Å². The minimum absolute atomic E-state index is 0.0496. The Labute approximate surface area is 163 Å². The Morgan fingerprint density at radius 3 is 2.54 bits per heavy atom. The Hall–Kier alpha value is -3.22. The molecule has 0 radical (unpaired) electrons. The zero-order valence-electron chi connectivity index (χ0n) is 15.8. The second-order valence-electron chi connectivity index (χ2n) is 6.57. The molecule has 3 rings (SSSR count). The van der Waals surface area contributed by atoms with Crippen LogP contribution in [0.4, 0.5) is 0 Å². The van der Waals surface area contributed by atoms with Crippen LogP contribution in [0.2, 0.25) is 0 Å². The third-order valence-corrected chi connectivity index (χ3v) is 3.89. The minimum atomic E-state index is -0.572. The smallest absolute Gasteiger partial charge is 0.338 e. The molecule has 0 fully saturated rings. The van der Waals surface area contributed by atoms with Crippen LogP contribution in [0.25, 0.3) is 0 Å². The lowest BCUT2D eigenvalue weighted by atomic mass is 10.2. The zero-order chi connectivity index (χ0) is 19.9. The Morgan fingerprint density at radius 1 is 1.11 bits per heavy atom. The number of esters is 1. The van der Waals surface area contributed by atoms with Crippen molar-refractivity contribution in [1.82, 2.24) is 5.32 Å². The van der Waals surface area contributed by atoms with Gasteiger partial charge in [-0.3, -0.25) is 4.79 Å². The molecule has 1 N–H and O–H groups in total. The lowest BCUT2D eigenvalue weighted by molar-refractivity contribution is -0.124. The quantitative estimate of drug-likeness (QED) is 0.738. The highest BCUT2D eigenvalue weighted by atomic mass is 16.6. The molecule has 2 aromatic rings. The largest absolute Gasteiger partial charge is 0.491 e. The predicted molar refractivity (Wildman–Crippen MR) is 102 cm³/mol. The maximum Gasteiger partial charge on any atom is 0.338 e. The fourth-order valence-electron chi connectivity index (χ4n) is 2.60. The van der Waals surface area contributed by atoms with Crippen molar-refractivity contribution in [2.75, 3.05) is 19.8 Å². The minimum Gasteiger partial charge on any atom is -0.491 e. The van der Waals surface area contributed by atoms with Crippen molar-refractivity contribution in [2.45, 2.75) is 26.1 Å². The van der Waals surface area contributed by atoms with Crippen molar-refractivity contribution in [3.05, 3.63) is 54.1 Å². The first-order valence-electron chi connectivity index (χ1n) is 9.10. The fraction of sp³-hybridized carbons (Fsp3) is 0.333. The van der Waals surface area contributed by atoms with E-state index in [1.807, 2.05) is 38.1 Å². The topological polar surface area (TPSA) is 83.1 Å². The third kappa shape index (κ3) is 5.39. The molecule has 148 valence electrons. The number of ether oxygens (including phenoxy) is 4. The summed E-state index contributed by atoms with van der Waals surface area (Å²) >= 11 is 0. The van der Waals surface area contributed by atoms with Gasteiger partial charge in [0, 0.05) is 0 Å². The maximum atomic E-state index is 12.0. The van der Waals surface area contributed by atoms with Crippen LogP contribution >= 0.6 is 0 Å². The molecule has 1 heterocycles. The number of amides is 1. The maximum absolute atomic E-state index is 12.0. The molecule has 1 aliphatic rings. The molecule has 1 aliphatic heterocycles. The molecular formula is C21H23NO6. The van der Waals surface area contributed by atoms with Gasteiger partial charge in [-0.25, -0.2) is 4.79 Å². The molecule has 0 aliphatic carbocycles. The average molecular weight is 385 g/mol. The Morgan fingerprint density at radius 2 is 1.82 bits per heavy atom. The molecule has 0 bridgehead atoms. The first-order chi connectivity index (χ1) is 13.5. The summed E-state index contributed by atoms with van der Waals surface area (Å²) in [6.45, 7) is 4.06. The molecule has 0 spiro atoms. The Balaban J connectivity index is 1.40. The summed E-state index contributed by atoms with van der Waals surface area (Å²) < 4.78 is 21.9. The SMILES string of the molecule is CC(C)Oc1ccc(C(=O)OCC(=O)NCC2COc3ccccc3O2)cc1. The monoisotopic (exact) mass is 385 g/mol. The highest BCUT2D eigenvalue weighted by Gasteiger charge is 2.21. The van der Waals surface area contributed by atoms with Gasteiger partial charge in [0.05, 0.1) is 18.2 Å². The lowest BCUT2D eigenvalue weighted by Gasteiger charge is -2.26. The van der Waals surface area contributed by atoms with Crippen molar-refractivity contribution in [3.63, 3.8) is 0 Å². The van der Waals surface area contributed by atoms with Gasteiger partial charge in [-0.2, -0.15) is 0 Å². The second-order valence-corrected chi connectivity index (χ2v) is 6.57. The fourth-order valence-corrected chi connectivity index (χ4v) is 2.60. The van der Waals surface area contributed by atoms with Gasteiger partial charge < -0.3 is 24.3 Å². The molecule has 28 heavy (non-hydrogen) atoms. The van der Waals surface area contributed by atoms with Crippen molar-refractivity contribution in [3.8, 4) is 17.2 Å². The van der Waals surface area contributed by atoms with E-state index in [1.165, 1.54) is 0 Å². The van der Waals surface area contributed by atoms with Gasteiger partial charge in [0.2, 0.25) is 0 Å². The number of hydrogen-bond donors (Lipinski definition) is 1. The predicted octanol–water partition coefficient (Wildman–Crippen LogP) is 2.59. The lowest BCUT2D eigenvalue weighted by Crippen LogP contribution is -2.42. The summed E-state index contributed by atoms with van der Waals surface area (Å²) in [7, 11) is 0. The van der Waals surface area contributed by atoms with Crippen LogP contribution in [0.3, 0.4) is 0 Å². The summed E-state index contributed by atoms with van der Waals surface area (Å²) in [5, 5.41) is 2.68. The van der Waals surface area contributed by atoms with E-state index in [4.69, 9.17) is 18.9 Å². The van der Waals surface area contributed by atoms with Crippen LogP contribution in [0.5, 0.6) is 17.2 Å². The van der Waals surface area contributed by atoms with Gasteiger partial charge in [-0.15, -0.1) is 0 Å². The van der Waals surface area contributed by atoms with E-state index in [0.717, 1.165) is 0 Å². The first-order valence-corrected chi connectivity index (χ1v) is 9.10. The molecule has 0 saturated heterocycles. The molecule has 0 aromatic heterocycles. The first kappa shape index (κ1) is 19.5. The van der Waals surface area contributed by atoms with Crippen molar-refractivity contribution >= 4 is 11.9 Å². The molecule has 2 aromatic carbocycles. The van der Waals surface area contributed by atoms with Crippen LogP contribution in [0.15, 0.2) is 48.5 Å². The van der Waals surface area contributed by atoms with Gasteiger partial charge >= 0.3 is 5.97 Å². The third-order valence-electron chi connectivity index (χ3n) is 3.89. The second kappa shape index (κ2) is 9.12. The van der Waals surface area contributed by atoms with E-state index in [2.05, 4.69) is 5.32 Å². The number of benzene rings is 2. The molecular weight excluding hydrogens is 362 g/mol. The number of fused-ring (bicyclic) bond motifs is 1. The van der Waals surface area contributed by atoms with E-state index in [-0.39, 0.29) is 25.4 Å². The molecule has 7 nitrogen and oxygen atoms in total. The molecule has 1 atom stereocenters. The average Bonchev–Trinajstić information content (AvgIpc) is 2.70. The number of para-hydroxylation sites is 2. The van der Waals surface area contributed by atoms with E-state index in [9.17, 15) is 9.59 Å². The van der Waals surface area contributed by atoms with Crippen LogP contribution in [-0.2, 0) is 9.53 Å². The van der Waals surface area contributed by atoms with Crippen molar-refractivity contribution < 1.29 is 28.5 Å². The van der Waals surface area contributed by atoms with Crippen LogP contribution in [0.1, 0.15) is 24.2 Å². The number of hydrogen-bond acceptors (Lipinski definition) is 6. The van der Waals surface area contributed by atoms with E-state index >= 15 is 0 Å². The molecule has 1 unspecified atom stereocenters. The standard InChI is InChI=1S/C21H23NO6/c1-14(2)27-16-9-7-15(8-10-16)21(24)26-13-20(23)22-11-17-12-25-18-5-3-4-6-19(18)28-17/h3-10,14,17H,11-13H2,1-2H3,(H,22,23). The van der Waals surface area contributed by atoms with Gasteiger partial charge in [0.25, 0.3) is 5.91 Å². The number of carbonyl (C=O) groups excluding carboxylic acids is 2. The Kier molecular flexibility index (Phi) is 6.37. The van der Waals surface area contributed by atoms with Gasteiger partial charge in [-0.1, -0.05) is 12.1 Å². The normalized spacial score (nSPS) is 15.0. The summed E-state index contributed by atoms with van der Waals surface area (Å²) in [5.41, 5.74) is 0.351. The molecule has 7 heteroatoms. The zero-order valence-corrected chi connectivity index (χ0v) is 15.8. The van der Waals surface area contributed by atoms with E-state index < -0.39 is 11.9 Å². The summed E-state index contributed by atoms with van der Waals surface area (Å²) in [5.74, 6) is 1.02. The summed E-state index contributed by atoms with van der Waals surface area (Å²) in [6, 6.07) is 13.9. The molecule has 1 amide bonds. The highest BCUT2D eigenvalue weighted by molar-refractivity contribution is 5.91. The summed E-state index contributed by atoms with van der Waals surface area (Å²) in [4.78, 5) is 24.0. The van der Waals surface area contributed by atoms with E-state index in [0.29, 0.717) is 29.4 Å².